The zero-order valence-corrected chi connectivity index (χ0v) is 12.9. The lowest BCUT2D eigenvalue weighted by molar-refractivity contribution is -0.642. The van der Waals surface area contributed by atoms with E-state index in [2.05, 4.69) is 5.32 Å². The number of likely N-dealkylation sites (N-methyl/N-ethyl adjacent to an activating group) is 1. The summed E-state index contributed by atoms with van der Waals surface area (Å²) in [5.41, 5.74) is 0. The number of nitrogens with zero attached hydrogens (tertiary/aromatic N) is 1. The van der Waals surface area contributed by atoms with Crippen molar-refractivity contribution in [3.63, 3.8) is 0 Å². The highest BCUT2D eigenvalue weighted by Gasteiger charge is 2.34. The van der Waals surface area contributed by atoms with Gasteiger partial charge in [-0.25, -0.2) is 8.42 Å². The summed E-state index contributed by atoms with van der Waals surface area (Å²) >= 11 is 0. The Balaban J connectivity index is 2.34. The van der Waals surface area contributed by atoms with Crippen molar-refractivity contribution in [3.05, 3.63) is 0 Å². The third-order valence-electron chi connectivity index (χ3n) is 3.35. The summed E-state index contributed by atoms with van der Waals surface area (Å²) < 4.78 is 22.9. The summed E-state index contributed by atoms with van der Waals surface area (Å²) in [5, 5.41) is 4.48. The fourth-order valence-corrected chi connectivity index (χ4v) is 4.08. The predicted molar refractivity (Wildman–Crippen MR) is 74.8 cm³/mol. The summed E-state index contributed by atoms with van der Waals surface area (Å²) in [6, 6.07) is -0.179. The molecule has 8 heteroatoms. The Labute approximate surface area is 120 Å². The average molecular weight is 306 g/mol. The van der Waals surface area contributed by atoms with E-state index < -0.39 is 9.84 Å². The Hall–Kier alpha value is -1.15. The monoisotopic (exact) mass is 306 g/mol. The molecule has 1 atom stereocenters. The van der Waals surface area contributed by atoms with Crippen molar-refractivity contribution in [2.75, 3.05) is 37.7 Å². The molecule has 20 heavy (non-hydrogen) atoms. The van der Waals surface area contributed by atoms with Gasteiger partial charge in [0.25, 0.3) is 5.91 Å². The molecule has 2 amide bonds. The topological polar surface area (TPSA) is 100 Å². The van der Waals surface area contributed by atoms with Crippen LogP contribution in [0.25, 0.3) is 0 Å². The Kier molecular flexibility index (Phi) is 6.41. The van der Waals surface area contributed by atoms with Crippen molar-refractivity contribution in [2.45, 2.75) is 26.3 Å². The van der Waals surface area contributed by atoms with E-state index >= 15 is 0 Å². The second-order valence-electron chi connectivity index (χ2n) is 5.00. The zero-order valence-electron chi connectivity index (χ0n) is 12.1. The highest BCUT2D eigenvalue weighted by Crippen LogP contribution is 2.17. The van der Waals surface area contributed by atoms with Gasteiger partial charge >= 0.3 is 0 Å². The molecule has 1 aliphatic heterocycles. The van der Waals surface area contributed by atoms with Gasteiger partial charge in [0.1, 0.15) is 0 Å². The van der Waals surface area contributed by atoms with E-state index in [1.165, 1.54) is 6.92 Å². The maximum Gasteiger partial charge on any atom is 0.277 e. The van der Waals surface area contributed by atoms with Gasteiger partial charge in [-0.1, -0.05) is 0 Å². The standard InChI is InChI=1S/C12H23N3O4S/c1-3-15(11-4-7-20(18,19)9-11)12(17)8-13-5-6-14-10(2)16/h11,13H,3-9H2,1-2H3,(H,14,16)/p+1/t11-/m1/s1. The van der Waals surface area contributed by atoms with Crippen LogP contribution in [0.1, 0.15) is 20.3 Å². The minimum Gasteiger partial charge on any atom is -0.351 e. The van der Waals surface area contributed by atoms with E-state index in [1.54, 1.807) is 4.90 Å². The van der Waals surface area contributed by atoms with E-state index in [1.807, 2.05) is 12.2 Å². The van der Waals surface area contributed by atoms with Crippen LogP contribution in [-0.4, -0.2) is 68.9 Å². The molecular weight excluding hydrogens is 282 g/mol. The number of rotatable bonds is 7. The Morgan fingerprint density at radius 2 is 2.10 bits per heavy atom. The Morgan fingerprint density at radius 1 is 1.40 bits per heavy atom. The molecular formula is C12H24N3O4S+. The molecule has 1 fully saturated rings. The van der Waals surface area contributed by atoms with E-state index in [9.17, 15) is 18.0 Å². The first kappa shape index (κ1) is 16.9. The smallest absolute Gasteiger partial charge is 0.277 e. The first-order valence-corrected chi connectivity index (χ1v) is 8.74. The number of amides is 2. The number of carbonyl (C=O) groups is 2. The Bertz CT molecular complexity index is 450. The quantitative estimate of drug-likeness (QED) is 0.518. The number of nitrogens with two attached hydrogens (primary N) is 1. The molecule has 3 N–H and O–H groups in total. The van der Waals surface area contributed by atoms with Gasteiger partial charge < -0.3 is 15.5 Å². The normalized spacial score (nSPS) is 20.6. The summed E-state index contributed by atoms with van der Waals surface area (Å²) in [5.74, 6) is 0.125. The lowest BCUT2D eigenvalue weighted by Gasteiger charge is -2.26. The van der Waals surface area contributed by atoms with Gasteiger partial charge in [-0.15, -0.1) is 0 Å². The van der Waals surface area contributed by atoms with Gasteiger partial charge in [-0.05, 0) is 13.3 Å². The first-order chi connectivity index (χ1) is 9.35. The van der Waals surface area contributed by atoms with Gasteiger partial charge in [0.05, 0.1) is 24.6 Å². The maximum absolute atomic E-state index is 12.1. The van der Waals surface area contributed by atoms with Crippen LogP contribution >= 0.6 is 0 Å². The van der Waals surface area contributed by atoms with Gasteiger partial charge in [-0.3, -0.25) is 9.59 Å². The van der Waals surface area contributed by atoms with Gasteiger partial charge in [-0.2, -0.15) is 0 Å². The Morgan fingerprint density at radius 3 is 2.60 bits per heavy atom. The van der Waals surface area contributed by atoms with E-state index in [0.717, 1.165) is 0 Å². The van der Waals surface area contributed by atoms with E-state index in [0.29, 0.717) is 26.1 Å². The highest BCUT2D eigenvalue weighted by molar-refractivity contribution is 7.91. The molecule has 0 bridgehead atoms. The van der Waals surface area contributed by atoms with Gasteiger partial charge in [0.15, 0.2) is 16.4 Å². The minimum absolute atomic E-state index is 0.0441. The maximum atomic E-state index is 12.1. The van der Waals surface area contributed by atoms with Crippen molar-refractivity contribution >= 4 is 21.7 Å². The van der Waals surface area contributed by atoms with Crippen LogP contribution in [0.2, 0.25) is 0 Å². The van der Waals surface area contributed by atoms with Crippen LogP contribution in [0.4, 0.5) is 0 Å². The number of carbonyl (C=O) groups excluding carboxylic acids is 2. The van der Waals surface area contributed by atoms with Crippen LogP contribution < -0.4 is 10.6 Å². The number of nitrogens with one attached hydrogen (secondary N) is 1. The molecule has 1 rings (SSSR count). The molecule has 0 radical (unpaired) electrons. The largest absolute Gasteiger partial charge is 0.351 e. The third kappa shape index (κ3) is 5.46. The molecule has 0 spiro atoms. The molecule has 0 aromatic rings. The molecule has 1 saturated heterocycles. The van der Waals surface area contributed by atoms with E-state index in [4.69, 9.17) is 0 Å². The second-order valence-corrected chi connectivity index (χ2v) is 7.23. The molecule has 7 nitrogen and oxygen atoms in total. The number of sulfone groups is 1. The zero-order chi connectivity index (χ0) is 15.2. The third-order valence-corrected chi connectivity index (χ3v) is 5.10. The summed E-state index contributed by atoms with van der Waals surface area (Å²) in [6.45, 7) is 5.27. The summed E-state index contributed by atoms with van der Waals surface area (Å²) in [7, 11) is -2.97. The van der Waals surface area contributed by atoms with Crippen LogP contribution in [-0.2, 0) is 19.4 Å². The van der Waals surface area contributed by atoms with Crippen LogP contribution in [0, 0.1) is 0 Å². The molecule has 0 unspecified atom stereocenters. The van der Waals surface area contributed by atoms with Gasteiger partial charge in [0, 0.05) is 19.5 Å². The number of hydrogen-bond acceptors (Lipinski definition) is 4. The first-order valence-electron chi connectivity index (χ1n) is 6.91. The molecule has 0 saturated carbocycles. The minimum atomic E-state index is -2.97. The predicted octanol–water partition coefficient (Wildman–Crippen LogP) is -2.28. The van der Waals surface area contributed by atoms with Gasteiger partial charge in [0.2, 0.25) is 5.91 Å². The number of hydrogen-bond donors (Lipinski definition) is 2. The lowest BCUT2D eigenvalue weighted by Crippen LogP contribution is -2.88. The summed E-state index contributed by atoms with van der Waals surface area (Å²) in [6.07, 6.45) is 0.536. The van der Waals surface area contributed by atoms with Crippen LogP contribution in [0.3, 0.4) is 0 Å². The van der Waals surface area contributed by atoms with Crippen molar-refractivity contribution in [1.82, 2.24) is 10.2 Å². The van der Waals surface area contributed by atoms with Crippen molar-refractivity contribution in [1.29, 1.82) is 0 Å². The average Bonchev–Trinajstić information content (AvgIpc) is 2.69. The summed E-state index contributed by atoms with van der Waals surface area (Å²) in [4.78, 5) is 24.4. The molecule has 1 heterocycles. The molecule has 116 valence electrons. The van der Waals surface area contributed by atoms with Crippen LogP contribution in [0.15, 0.2) is 0 Å². The van der Waals surface area contributed by atoms with Crippen LogP contribution in [0.5, 0.6) is 0 Å². The highest BCUT2D eigenvalue weighted by atomic mass is 32.2. The fourth-order valence-electron chi connectivity index (χ4n) is 2.35. The molecule has 0 aromatic carbocycles. The lowest BCUT2D eigenvalue weighted by atomic mass is 10.2. The number of quaternary nitrogens is 1. The van der Waals surface area contributed by atoms with E-state index in [-0.39, 0.29) is 35.9 Å². The molecule has 1 aliphatic rings. The fraction of sp³-hybridized carbons (Fsp3) is 0.833. The van der Waals surface area contributed by atoms with Crippen molar-refractivity contribution < 1.29 is 23.3 Å². The van der Waals surface area contributed by atoms with Crippen molar-refractivity contribution in [3.8, 4) is 0 Å². The molecule has 0 aromatic heterocycles. The second kappa shape index (κ2) is 7.58. The SMILES string of the molecule is CCN(C(=O)C[NH2+]CCNC(C)=O)[C@@H]1CCS(=O)(=O)C1. The molecule has 0 aliphatic carbocycles. The van der Waals surface area contributed by atoms with Crippen molar-refractivity contribution in [2.24, 2.45) is 0 Å².